The molecule has 0 spiro atoms. The van der Waals surface area contributed by atoms with Crippen LogP contribution in [0, 0.1) is 0 Å². The first kappa shape index (κ1) is 21.5. The van der Waals surface area contributed by atoms with E-state index in [1.54, 1.807) is 61.6 Å². The summed E-state index contributed by atoms with van der Waals surface area (Å²) < 4.78 is 10.6. The third kappa shape index (κ3) is 5.92. The van der Waals surface area contributed by atoms with Gasteiger partial charge in [0.15, 0.2) is 5.76 Å². The molecule has 0 atom stereocenters. The number of ether oxygens (including phenoxy) is 1. The number of amides is 3. The molecule has 1 aromatic heterocycles. The van der Waals surface area contributed by atoms with Gasteiger partial charge in [-0.25, -0.2) is 4.79 Å². The number of halogens is 2. The Hall–Kier alpha value is -3.16. The van der Waals surface area contributed by atoms with Gasteiger partial charge < -0.3 is 24.7 Å². The zero-order valence-electron chi connectivity index (χ0n) is 16.0. The van der Waals surface area contributed by atoms with Gasteiger partial charge in [-0.15, -0.1) is 0 Å². The SMILES string of the molecule is CN(CCOc1ccc(Cl)cc1)C(=O)Nc1ccc(NC(=O)c2ccco2)c(Cl)c1. The summed E-state index contributed by atoms with van der Waals surface area (Å²) in [7, 11) is 1.65. The van der Waals surface area contributed by atoms with Crippen molar-refractivity contribution in [2.45, 2.75) is 0 Å². The standard InChI is InChI=1S/C21H19Cl2N3O4/c1-26(10-12-29-16-7-4-14(22)5-8-16)21(28)24-15-6-9-18(17(23)13-15)25-20(27)19-3-2-11-30-19/h2-9,11,13H,10,12H2,1H3,(H,24,28)(H,25,27). The molecular weight excluding hydrogens is 429 g/mol. The number of hydrogen-bond acceptors (Lipinski definition) is 4. The summed E-state index contributed by atoms with van der Waals surface area (Å²) in [5.41, 5.74) is 0.896. The molecule has 3 rings (SSSR count). The summed E-state index contributed by atoms with van der Waals surface area (Å²) in [6, 6.07) is 14.6. The maximum atomic E-state index is 12.3. The van der Waals surface area contributed by atoms with Gasteiger partial charge in [0, 0.05) is 17.8 Å². The second kappa shape index (κ2) is 10.0. The molecule has 0 aliphatic carbocycles. The van der Waals surface area contributed by atoms with Crippen LogP contribution in [0.5, 0.6) is 5.75 Å². The number of furan rings is 1. The Balaban J connectivity index is 1.49. The smallest absolute Gasteiger partial charge is 0.321 e. The fraction of sp³-hybridized carbons (Fsp3) is 0.143. The molecule has 0 radical (unpaired) electrons. The minimum absolute atomic E-state index is 0.172. The number of nitrogens with zero attached hydrogens (tertiary/aromatic N) is 1. The summed E-state index contributed by atoms with van der Waals surface area (Å²) in [6.45, 7) is 0.698. The molecule has 0 saturated heterocycles. The predicted octanol–water partition coefficient (Wildman–Crippen LogP) is 5.38. The average molecular weight is 448 g/mol. The number of benzene rings is 2. The number of hydrogen-bond donors (Lipinski definition) is 2. The van der Waals surface area contributed by atoms with Crippen molar-refractivity contribution in [1.82, 2.24) is 4.90 Å². The normalized spacial score (nSPS) is 10.4. The predicted molar refractivity (Wildman–Crippen MR) is 117 cm³/mol. The summed E-state index contributed by atoms with van der Waals surface area (Å²) in [6.07, 6.45) is 1.41. The summed E-state index contributed by atoms with van der Waals surface area (Å²) in [5, 5.41) is 6.30. The van der Waals surface area contributed by atoms with Crippen molar-refractivity contribution >= 4 is 46.5 Å². The van der Waals surface area contributed by atoms with Crippen molar-refractivity contribution in [2.24, 2.45) is 0 Å². The quantitative estimate of drug-likeness (QED) is 0.508. The summed E-state index contributed by atoms with van der Waals surface area (Å²) in [5.74, 6) is 0.428. The van der Waals surface area contributed by atoms with Crippen molar-refractivity contribution < 1.29 is 18.7 Å². The Labute approximate surface area is 183 Å². The number of rotatable bonds is 7. The first-order valence-corrected chi connectivity index (χ1v) is 9.73. The van der Waals surface area contributed by atoms with E-state index in [2.05, 4.69) is 10.6 Å². The minimum atomic E-state index is -0.417. The lowest BCUT2D eigenvalue weighted by molar-refractivity contribution is 0.0996. The zero-order chi connectivity index (χ0) is 21.5. The van der Waals surface area contributed by atoms with Crippen LogP contribution in [0.3, 0.4) is 0 Å². The van der Waals surface area contributed by atoms with Crippen LogP contribution >= 0.6 is 23.2 Å². The number of urea groups is 1. The minimum Gasteiger partial charge on any atom is -0.492 e. The van der Waals surface area contributed by atoms with Crippen molar-refractivity contribution in [3.05, 3.63) is 76.7 Å². The third-order valence-corrected chi connectivity index (χ3v) is 4.63. The highest BCUT2D eigenvalue weighted by Crippen LogP contribution is 2.26. The fourth-order valence-electron chi connectivity index (χ4n) is 2.44. The first-order valence-electron chi connectivity index (χ1n) is 8.97. The lowest BCUT2D eigenvalue weighted by Gasteiger charge is -2.18. The zero-order valence-corrected chi connectivity index (χ0v) is 17.5. The van der Waals surface area contributed by atoms with E-state index in [4.69, 9.17) is 32.4 Å². The molecule has 7 nitrogen and oxygen atoms in total. The van der Waals surface area contributed by atoms with Gasteiger partial charge in [-0.2, -0.15) is 0 Å². The lowest BCUT2D eigenvalue weighted by Crippen LogP contribution is -2.34. The molecular formula is C21H19Cl2N3O4. The molecule has 0 bridgehead atoms. The highest BCUT2D eigenvalue weighted by Gasteiger charge is 2.13. The number of anilines is 2. The molecule has 0 aliphatic rings. The van der Waals surface area contributed by atoms with Gasteiger partial charge in [0.2, 0.25) is 0 Å². The van der Waals surface area contributed by atoms with Crippen molar-refractivity contribution in [3.63, 3.8) is 0 Å². The Morgan fingerprint density at radius 3 is 2.50 bits per heavy atom. The van der Waals surface area contributed by atoms with Crippen LogP contribution < -0.4 is 15.4 Å². The Bertz CT molecular complexity index is 1010. The molecule has 0 fully saturated rings. The van der Waals surface area contributed by atoms with E-state index in [0.717, 1.165) is 0 Å². The van der Waals surface area contributed by atoms with Gasteiger partial charge in [-0.3, -0.25) is 4.79 Å². The van der Waals surface area contributed by atoms with Crippen LogP contribution in [0.2, 0.25) is 10.0 Å². The average Bonchev–Trinajstić information content (AvgIpc) is 3.26. The summed E-state index contributed by atoms with van der Waals surface area (Å²) in [4.78, 5) is 25.9. The van der Waals surface area contributed by atoms with Gasteiger partial charge >= 0.3 is 6.03 Å². The molecule has 0 unspecified atom stereocenters. The van der Waals surface area contributed by atoms with E-state index < -0.39 is 5.91 Å². The van der Waals surface area contributed by atoms with Crippen LogP contribution in [-0.4, -0.2) is 37.0 Å². The molecule has 30 heavy (non-hydrogen) atoms. The third-order valence-electron chi connectivity index (χ3n) is 4.07. The second-order valence-corrected chi connectivity index (χ2v) is 7.12. The maximum absolute atomic E-state index is 12.3. The van der Waals surface area contributed by atoms with Crippen molar-refractivity contribution in [2.75, 3.05) is 30.8 Å². The highest BCUT2D eigenvalue weighted by atomic mass is 35.5. The van der Waals surface area contributed by atoms with Crippen molar-refractivity contribution in [1.29, 1.82) is 0 Å². The van der Waals surface area contributed by atoms with E-state index in [1.807, 2.05) is 0 Å². The number of likely N-dealkylation sites (N-methyl/N-ethyl adjacent to an activating group) is 1. The van der Waals surface area contributed by atoms with Gasteiger partial charge in [-0.1, -0.05) is 23.2 Å². The van der Waals surface area contributed by atoms with Crippen LogP contribution in [0.25, 0.3) is 0 Å². The molecule has 9 heteroatoms. The first-order chi connectivity index (χ1) is 14.4. The lowest BCUT2D eigenvalue weighted by atomic mass is 10.2. The topological polar surface area (TPSA) is 83.8 Å². The van der Waals surface area contributed by atoms with Gasteiger partial charge in [0.1, 0.15) is 12.4 Å². The molecule has 0 aliphatic heterocycles. The second-order valence-electron chi connectivity index (χ2n) is 6.28. The Morgan fingerprint density at radius 2 is 1.83 bits per heavy atom. The number of nitrogens with one attached hydrogen (secondary N) is 2. The van der Waals surface area contributed by atoms with Crippen LogP contribution in [0.15, 0.2) is 65.3 Å². The maximum Gasteiger partial charge on any atom is 0.321 e. The van der Waals surface area contributed by atoms with E-state index in [0.29, 0.717) is 35.3 Å². The largest absolute Gasteiger partial charge is 0.492 e. The van der Waals surface area contributed by atoms with Crippen LogP contribution in [0.1, 0.15) is 10.6 Å². The van der Waals surface area contributed by atoms with Crippen LogP contribution in [-0.2, 0) is 0 Å². The van der Waals surface area contributed by atoms with Gasteiger partial charge in [-0.05, 0) is 54.6 Å². The monoisotopic (exact) mass is 447 g/mol. The van der Waals surface area contributed by atoms with Gasteiger partial charge in [0.25, 0.3) is 5.91 Å². The molecule has 2 aromatic carbocycles. The van der Waals surface area contributed by atoms with Crippen LogP contribution in [0.4, 0.5) is 16.2 Å². The van der Waals surface area contributed by atoms with E-state index >= 15 is 0 Å². The molecule has 0 saturated carbocycles. The summed E-state index contributed by atoms with van der Waals surface area (Å²) >= 11 is 12.1. The van der Waals surface area contributed by atoms with E-state index in [9.17, 15) is 9.59 Å². The molecule has 2 N–H and O–H groups in total. The van der Waals surface area contributed by atoms with Gasteiger partial charge in [0.05, 0.1) is 23.5 Å². The number of carbonyl (C=O) groups excluding carboxylic acids is 2. The highest BCUT2D eigenvalue weighted by molar-refractivity contribution is 6.34. The molecule has 3 aromatic rings. The molecule has 1 heterocycles. The van der Waals surface area contributed by atoms with E-state index in [-0.39, 0.29) is 16.8 Å². The van der Waals surface area contributed by atoms with Crippen molar-refractivity contribution in [3.8, 4) is 5.75 Å². The molecule has 156 valence electrons. The molecule has 3 amide bonds. The Morgan fingerprint density at radius 1 is 1.07 bits per heavy atom. The number of carbonyl (C=O) groups is 2. The fourth-order valence-corrected chi connectivity index (χ4v) is 2.79. The Kier molecular flexibility index (Phi) is 7.21. The van der Waals surface area contributed by atoms with E-state index in [1.165, 1.54) is 11.2 Å².